The van der Waals surface area contributed by atoms with Crippen LogP contribution in [0.1, 0.15) is 16.7 Å². The highest BCUT2D eigenvalue weighted by Crippen LogP contribution is 2.37. The zero-order chi connectivity index (χ0) is 38.2. The van der Waals surface area contributed by atoms with Crippen LogP contribution >= 0.6 is 0 Å². The van der Waals surface area contributed by atoms with Crippen LogP contribution in [0.2, 0.25) is 0 Å². The van der Waals surface area contributed by atoms with E-state index in [0.29, 0.717) is 18.2 Å². The number of rotatable bonds is 5. The first-order valence-electron chi connectivity index (χ1n) is 19.0. The van der Waals surface area contributed by atoms with Gasteiger partial charge < -0.3 is 19.0 Å². The van der Waals surface area contributed by atoms with Crippen LogP contribution in [0.25, 0.3) is 76.9 Å². The number of nitrogens with zero attached hydrogens (tertiary/aromatic N) is 2. The molecule has 0 aliphatic carbocycles. The molecule has 3 aromatic heterocycles. The fourth-order valence-corrected chi connectivity index (χ4v) is 8.35. The second kappa shape index (κ2) is 13.0. The number of hydrogen-bond acceptors (Lipinski definition) is 4. The predicted molar refractivity (Wildman–Crippen MR) is 248 cm³/mol. The summed E-state index contributed by atoms with van der Waals surface area (Å²) in [5, 5.41) is 6.41. The Bertz CT molecular complexity index is 3290. The number of hydrogen-bond donors (Lipinski definition) is 1. The third kappa shape index (κ3) is 5.41. The quantitative estimate of drug-likeness (QED) is 0.169. The van der Waals surface area contributed by atoms with E-state index in [4.69, 9.17) is 29.0 Å². The SMILES string of the molecule is Bc1c(B)c(B)c(C(/N=C(\N)c2ccc3c(c2)oc2ccccc23)=N/Cc2cccc3oc4ccc(-c5ccc6c(c5)oc5ccccc56)cc4c23)c(B)c1B. The van der Waals surface area contributed by atoms with E-state index in [-0.39, 0.29) is 0 Å². The minimum atomic E-state index is 0.374. The molecule has 0 amide bonds. The van der Waals surface area contributed by atoms with Gasteiger partial charge in [0, 0.05) is 43.4 Å². The van der Waals surface area contributed by atoms with Crippen LogP contribution in [0.15, 0.2) is 145 Å². The van der Waals surface area contributed by atoms with E-state index in [1.165, 1.54) is 16.4 Å². The zero-order valence-electron chi connectivity index (χ0n) is 32.0. The summed E-state index contributed by atoms with van der Waals surface area (Å²) in [6.07, 6.45) is 0. The minimum absolute atomic E-state index is 0.374. The summed E-state index contributed by atoms with van der Waals surface area (Å²) in [7, 11) is 10.8. The largest absolute Gasteiger partial charge is 0.456 e. The molecule has 0 unspecified atom stereocenters. The number of nitrogens with two attached hydrogens (primary N) is 1. The Balaban J connectivity index is 1.09. The zero-order valence-corrected chi connectivity index (χ0v) is 32.0. The average molecular weight is 719 g/mol. The average Bonchev–Trinajstić information content (AvgIpc) is 3.91. The molecule has 0 atom stereocenters. The molecule has 0 bridgehead atoms. The van der Waals surface area contributed by atoms with E-state index in [2.05, 4.69) is 99.9 Å². The van der Waals surface area contributed by atoms with Crippen molar-refractivity contribution in [3.63, 3.8) is 0 Å². The van der Waals surface area contributed by atoms with Gasteiger partial charge >= 0.3 is 0 Å². The van der Waals surface area contributed by atoms with E-state index in [0.717, 1.165) is 105 Å². The van der Waals surface area contributed by atoms with E-state index < -0.39 is 0 Å². The van der Waals surface area contributed by atoms with Crippen molar-refractivity contribution in [2.45, 2.75) is 6.54 Å². The molecular formula is C45H34B5N3O3. The van der Waals surface area contributed by atoms with E-state index in [1.807, 2.05) is 60.7 Å². The lowest BCUT2D eigenvalue weighted by Crippen LogP contribution is -2.57. The smallest absolute Gasteiger partial charge is 0.156 e. The Kier molecular flexibility index (Phi) is 7.89. The van der Waals surface area contributed by atoms with Crippen molar-refractivity contribution in [3.8, 4) is 11.1 Å². The Morgan fingerprint density at radius 2 is 1.02 bits per heavy atom. The third-order valence-corrected chi connectivity index (χ3v) is 11.8. The lowest BCUT2D eigenvalue weighted by Gasteiger charge is -2.20. The van der Waals surface area contributed by atoms with Gasteiger partial charge in [-0.3, -0.25) is 4.99 Å². The fraction of sp³-hybridized carbons (Fsp3) is 0.0222. The van der Waals surface area contributed by atoms with Gasteiger partial charge in [0.15, 0.2) is 5.84 Å². The highest BCUT2D eigenvalue weighted by atomic mass is 16.3. The molecule has 11 heteroatoms. The van der Waals surface area contributed by atoms with Gasteiger partial charge in [-0.25, -0.2) is 4.99 Å². The Labute approximate surface area is 327 Å². The van der Waals surface area contributed by atoms with Crippen molar-refractivity contribution in [3.05, 3.63) is 138 Å². The third-order valence-electron chi connectivity index (χ3n) is 11.8. The molecule has 10 aromatic rings. The molecule has 0 radical (unpaired) electrons. The Hall–Kier alpha value is -6.60. The number of para-hydroxylation sites is 2. The van der Waals surface area contributed by atoms with Crippen molar-refractivity contribution in [2.75, 3.05) is 0 Å². The maximum Gasteiger partial charge on any atom is 0.156 e. The van der Waals surface area contributed by atoms with Crippen LogP contribution in [-0.2, 0) is 6.54 Å². The van der Waals surface area contributed by atoms with E-state index >= 15 is 0 Å². The van der Waals surface area contributed by atoms with Crippen LogP contribution in [0.5, 0.6) is 0 Å². The van der Waals surface area contributed by atoms with Crippen molar-refractivity contribution < 1.29 is 13.3 Å². The molecule has 0 fully saturated rings. The fourth-order valence-electron chi connectivity index (χ4n) is 8.35. The molecule has 3 heterocycles. The standard InChI is InChI=1S/C45H34B5N3O3/c46-39-38(40(47)42(49)43(50)41(39)48)45(53-44(51)24-13-16-29-27-8-2-4-10-32(27)56-36(29)20-24)52-21-25-6-5-11-34-37(25)30-18-22(14-17-33(30)54-34)23-12-15-28-26-7-1-3-9-31(26)55-35(28)19-23/h1-20H,21,46-50H2,(H2,51,52,53). The van der Waals surface area contributed by atoms with Crippen molar-refractivity contribution in [2.24, 2.45) is 15.7 Å². The normalized spacial score (nSPS) is 12.6. The molecule has 10 rings (SSSR count). The molecule has 0 saturated heterocycles. The summed E-state index contributed by atoms with van der Waals surface area (Å²) < 4.78 is 18.9. The second-order valence-electron chi connectivity index (χ2n) is 14.9. The van der Waals surface area contributed by atoms with Gasteiger partial charge in [-0.05, 0) is 71.3 Å². The van der Waals surface area contributed by atoms with Gasteiger partial charge in [0.05, 0.1) is 6.54 Å². The van der Waals surface area contributed by atoms with Crippen molar-refractivity contribution in [1.82, 2.24) is 0 Å². The highest BCUT2D eigenvalue weighted by molar-refractivity contribution is 6.68. The van der Waals surface area contributed by atoms with Gasteiger partial charge in [-0.1, -0.05) is 77.7 Å². The molecule has 6 nitrogen and oxygen atoms in total. The van der Waals surface area contributed by atoms with E-state index in [1.54, 1.807) is 0 Å². The van der Waals surface area contributed by atoms with E-state index in [9.17, 15) is 0 Å². The summed E-state index contributed by atoms with van der Waals surface area (Å²) in [6.45, 7) is 0.376. The second-order valence-corrected chi connectivity index (χ2v) is 14.9. The number of amidine groups is 2. The summed E-state index contributed by atoms with van der Waals surface area (Å²) in [5.74, 6) is 0.969. The lowest BCUT2D eigenvalue weighted by atomic mass is 9.60. The number of aliphatic imine (C=N–C) groups is 2. The van der Waals surface area contributed by atoms with Crippen LogP contribution in [0, 0.1) is 0 Å². The molecule has 0 aliphatic rings. The lowest BCUT2D eigenvalue weighted by molar-refractivity contribution is 0.668. The minimum Gasteiger partial charge on any atom is -0.456 e. The van der Waals surface area contributed by atoms with Crippen molar-refractivity contribution in [1.29, 1.82) is 0 Å². The molecule has 7 aromatic carbocycles. The first-order valence-corrected chi connectivity index (χ1v) is 19.0. The van der Waals surface area contributed by atoms with Crippen molar-refractivity contribution >= 4 is 144 Å². The summed E-state index contributed by atoms with van der Waals surface area (Å²) in [5.41, 5.74) is 22.9. The maximum absolute atomic E-state index is 6.88. The predicted octanol–water partition coefficient (Wildman–Crippen LogP) is 2.70. The van der Waals surface area contributed by atoms with Gasteiger partial charge in [-0.15, -0.1) is 16.4 Å². The topological polar surface area (TPSA) is 90.2 Å². The summed E-state index contributed by atoms with van der Waals surface area (Å²) >= 11 is 0. The molecule has 56 heavy (non-hydrogen) atoms. The first kappa shape index (κ1) is 33.9. The Morgan fingerprint density at radius 3 is 1.73 bits per heavy atom. The maximum atomic E-state index is 6.88. The molecular weight excluding hydrogens is 685 g/mol. The number of furan rings is 3. The van der Waals surface area contributed by atoms with Gasteiger partial charge in [0.25, 0.3) is 0 Å². The van der Waals surface area contributed by atoms with Crippen LogP contribution < -0.4 is 33.0 Å². The molecule has 262 valence electrons. The monoisotopic (exact) mass is 719 g/mol. The summed E-state index contributed by atoms with van der Waals surface area (Å²) in [6, 6.07) is 41.2. The van der Waals surface area contributed by atoms with Crippen LogP contribution in [0.4, 0.5) is 0 Å². The van der Waals surface area contributed by atoms with Crippen LogP contribution in [0.3, 0.4) is 0 Å². The van der Waals surface area contributed by atoms with Gasteiger partial charge in [-0.2, -0.15) is 0 Å². The molecule has 0 saturated carbocycles. The number of benzene rings is 7. The number of fused-ring (bicyclic) bond motifs is 9. The molecule has 0 spiro atoms. The summed E-state index contributed by atoms with van der Waals surface area (Å²) in [4.78, 5) is 10.4. The molecule has 0 aliphatic heterocycles. The Morgan fingerprint density at radius 1 is 0.482 bits per heavy atom. The highest BCUT2D eigenvalue weighted by Gasteiger charge is 2.19. The van der Waals surface area contributed by atoms with Crippen LogP contribution in [-0.4, -0.2) is 50.9 Å². The first-order chi connectivity index (χ1) is 27.2. The van der Waals surface area contributed by atoms with Gasteiger partial charge in [0.2, 0.25) is 0 Å². The molecule has 2 N–H and O–H groups in total. The van der Waals surface area contributed by atoms with Gasteiger partial charge in [0.1, 0.15) is 78.6 Å².